The molecule has 0 bridgehead atoms. The molecule has 1 aromatic carbocycles. The van der Waals surface area contributed by atoms with Gasteiger partial charge in [-0.3, -0.25) is 9.36 Å². The van der Waals surface area contributed by atoms with Gasteiger partial charge in [0, 0.05) is 25.3 Å². The molecule has 4 N–H and O–H groups in total. The van der Waals surface area contributed by atoms with E-state index in [4.69, 9.17) is 10.8 Å². The monoisotopic (exact) mass is 371 g/mol. The molecule has 0 atom stereocenters. The molecule has 1 aliphatic heterocycles. The Labute approximate surface area is 155 Å². The van der Waals surface area contributed by atoms with Crippen LogP contribution >= 0.6 is 0 Å². The minimum atomic E-state index is -1.03. The lowest BCUT2D eigenvalue weighted by Gasteiger charge is -2.32. The SMILES string of the molecule is Nc1ccn(-c2ccc(CC(=O)N3CCC(NC(=O)O)CC3)cc2)c(=O)n1. The van der Waals surface area contributed by atoms with Gasteiger partial charge >= 0.3 is 11.8 Å². The summed E-state index contributed by atoms with van der Waals surface area (Å²) in [5.74, 6) is 0.170. The van der Waals surface area contributed by atoms with Gasteiger partial charge in [0.1, 0.15) is 5.82 Å². The van der Waals surface area contributed by atoms with Gasteiger partial charge < -0.3 is 21.1 Å². The molecule has 2 amide bonds. The van der Waals surface area contributed by atoms with Crippen molar-refractivity contribution in [3.63, 3.8) is 0 Å². The van der Waals surface area contributed by atoms with E-state index in [0.29, 0.717) is 31.6 Å². The number of nitrogen functional groups attached to an aromatic ring is 1. The summed E-state index contributed by atoms with van der Waals surface area (Å²) in [6, 6.07) is 8.55. The van der Waals surface area contributed by atoms with E-state index < -0.39 is 11.8 Å². The lowest BCUT2D eigenvalue weighted by Crippen LogP contribution is -2.46. The highest BCUT2D eigenvalue weighted by atomic mass is 16.4. The highest BCUT2D eigenvalue weighted by Crippen LogP contribution is 2.14. The van der Waals surface area contributed by atoms with Crippen molar-refractivity contribution in [2.75, 3.05) is 18.8 Å². The minimum absolute atomic E-state index is 0.00263. The average Bonchev–Trinajstić information content (AvgIpc) is 2.63. The van der Waals surface area contributed by atoms with Crippen LogP contribution in [0.4, 0.5) is 10.6 Å². The topological polar surface area (TPSA) is 131 Å². The van der Waals surface area contributed by atoms with Gasteiger partial charge in [-0.1, -0.05) is 12.1 Å². The number of hydrogen-bond acceptors (Lipinski definition) is 5. The quantitative estimate of drug-likeness (QED) is 0.722. The first kappa shape index (κ1) is 18.4. The van der Waals surface area contributed by atoms with Crippen LogP contribution in [0, 0.1) is 0 Å². The number of piperidine rings is 1. The van der Waals surface area contributed by atoms with E-state index in [1.807, 2.05) is 0 Å². The van der Waals surface area contributed by atoms with E-state index in [1.165, 1.54) is 4.57 Å². The summed E-state index contributed by atoms with van der Waals surface area (Å²) in [6.07, 6.45) is 2.01. The van der Waals surface area contributed by atoms with Gasteiger partial charge in [-0.15, -0.1) is 0 Å². The molecule has 0 radical (unpaired) electrons. The van der Waals surface area contributed by atoms with E-state index in [9.17, 15) is 14.4 Å². The van der Waals surface area contributed by atoms with E-state index >= 15 is 0 Å². The van der Waals surface area contributed by atoms with Crippen LogP contribution in [0.25, 0.3) is 5.69 Å². The van der Waals surface area contributed by atoms with Gasteiger partial charge in [-0.05, 0) is 36.6 Å². The van der Waals surface area contributed by atoms with Crippen molar-refractivity contribution in [3.8, 4) is 5.69 Å². The fourth-order valence-corrected chi connectivity index (χ4v) is 3.12. The van der Waals surface area contributed by atoms with Gasteiger partial charge in [0.25, 0.3) is 0 Å². The number of carbonyl (C=O) groups excluding carboxylic acids is 1. The number of anilines is 1. The lowest BCUT2D eigenvalue weighted by molar-refractivity contribution is -0.131. The third-order valence-electron chi connectivity index (χ3n) is 4.57. The zero-order valence-electron chi connectivity index (χ0n) is 14.7. The second kappa shape index (κ2) is 7.90. The van der Waals surface area contributed by atoms with Crippen LogP contribution < -0.4 is 16.7 Å². The minimum Gasteiger partial charge on any atom is -0.465 e. The maximum absolute atomic E-state index is 12.5. The number of benzene rings is 1. The molecule has 9 heteroatoms. The Kier molecular flexibility index (Phi) is 5.39. The lowest BCUT2D eigenvalue weighted by atomic mass is 10.0. The Morgan fingerprint density at radius 2 is 1.85 bits per heavy atom. The predicted molar refractivity (Wildman–Crippen MR) is 98.7 cm³/mol. The second-order valence-corrected chi connectivity index (χ2v) is 6.45. The molecule has 9 nitrogen and oxygen atoms in total. The maximum Gasteiger partial charge on any atom is 0.404 e. The van der Waals surface area contributed by atoms with Gasteiger partial charge in [0.05, 0.1) is 12.1 Å². The molecule has 0 aliphatic carbocycles. The molecule has 0 saturated carbocycles. The zero-order valence-corrected chi connectivity index (χ0v) is 14.7. The number of hydrogen-bond donors (Lipinski definition) is 3. The summed E-state index contributed by atoms with van der Waals surface area (Å²) in [6.45, 7) is 1.07. The Balaban J connectivity index is 1.59. The Hall–Kier alpha value is -3.36. The van der Waals surface area contributed by atoms with Crippen molar-refractivity contribution < 1.29 is 14.7 Å². The highest BCUT2D eigenvalue weighted by Gasteiger charge is 2.23. The van der Waals surface area contributed by atoms with Gasteiger partial charge in [-0.2, -0.15) is 4.98 Å². The number of carboxylic acid groups (broad SMARTS) is 1. The molecule has 2 aromatic rings. The summed E-state index contributed by atoms with van der Waals surface area (Å²) < 4.78 is 1.38. The number of nitrogens with two attached hydrogens (primary N) is 1. The number of carbonyl (C=O) groups is 2. The number of nitrogens with zero attached hydrogens (tertiary/aromatic N) is 3. The molecule has 0 spiro atoms. The molecular formula is C18H21N5O4. The molecule has 1 fully saturated rings. The van der Waals surface area contributed by atoms with Gasteiger partial charge in [0.15, 0.2) is 0 Å². The van der Waals surface area contributed by atoms with Crippen molar-refractivity contribution in [1.82, 2.24) is 19.8 Å². The first-order chi connectivity index (χ1) is 12.9. The molecule has 1 aromatic heterocycles. The van der Waals surface area contributed by atoms with Crippen molar-refractivity contribution in [1.29, 1.82) is 0 Å². The summed E-state index contributed by atoms with van der Waals surface area (Å²) in [5, 5.41) is 11.2. The van der Waals surface area contributed by atoms with Gasteiger partial charge in [-0.25, -0.2) is 9.59 Å². The van der Waals surface area contributed by atoms with Crippen molar-refractivity contribution >= 4 is 17.8 Å². The van der Waals surface area contributed by atoms with E-state index in [1.54, 1.807) is 41.4 Å². The highest BCUT2D eigenvalue weighted by molar-refractivity contribution is 5.79. The van der Waals surface area contributed by atoms with Crippen LogP contribution in [0.2, 0.25) is 0 Å². The molecule has 0 unspecified atom stereocenters. The zero-order chi connectivity index (χ0) is 19.4. The van der Waals surface area contributed by atoms with Crippen LogP contribution in [-0.2, 0) is 11.2 Å². The largest absolute Gasteiger partial charge is 0.465 e. The third kappa shape index (κ3) is 4.63. The number of likely N-dealkylation sites (tertiary alicyclic amines) is 1. The first-order valence-electron chi connectivity index (χ1n) is 8.64. The van der Waals surface area contributed by atoms with Crippen molar-refractivity contribution in [3.05, 3.63) is 52.6 Å². The first-order valence-corrected chi connectivity index (χ1v) is 8.64. The van der Waals surface area contributed by atoms with E-state index in [2.05, 4.69) is 10.3 Å². The van der Waals surface area contributed by atoms with E-state index in [0.717, 1.165) is 5.56 Å². The van der Waals surface area contributed by atoms with Crippen LogP contribution in [-0.4, -0.2) is 50.7 Å². The summed E-state index contributed by atoms with van der Waals surface area (Å²) >= 11 is 0. The molecule has 142 valence electrons. The third-order valence-corrected chi connectivity index (χ3v) is 4.57. The molecule has 1 saturated heterocycles. The summed E-state index contributed by atoms with van der Waals surface area (Å²) in [4.78, 5) is 40.4. The molecule has 3 rings (SSSR count). The molecule has 2 heterocycles. The predicted octanol–water partition coefficient (Wildman–Crippen LogP) is 0.616. The average molecular weight is 371 g/mol. The molecule has 27 heavy (non-hydrogen) atoms. The standard InChI is InChI=1S/C18H21N5O4/c19-15-7-10-23(17(25)21-15)14-3-1-12(2-4-14)11-16(24)22-8-5-13(6-9-22)20-18(26)27/h1-4,7,10,13,20H,5-6,8-9,11H2,(H,26,27)(H2,19,21,25). The Bertz CT molecular complexity index is 885. The number of nitrogens with one attached hydrogen (secondary N) is 1. The number of aromatic nitrogens is 2. The smallest absolute Gasteiger partial charge is 0.404 e. The fraction of sp³-hybridized carbons (Fsp3) is 0.333. The van der Waals surface area contributed by atoms with Crippen LogP contribution in [0.15, 0.2) is 41.3 Å². The maximum atomic E-state index is 12.5. The number of rotatable bonds is 4. The van der Waals surface area contributed by atoms with Crippen molar-refractivity contribution in [2.24, 2.45) is 0 Å². The summed E-state index contributed by atoms with van der Waals surface area (Å²) in [7, 11) is 0. The number of amides is 2. The Morgan fingerprint density at radius 1 is 1.19 bits per heavy atom. The van der Waals surface area contributed by atoms with Crippen LogP contribution in [0.3, 0.4) is 0 Å². The molecule has 1 aliphatic rings. The molecular weight excluding hydrogens is 350 g/mol. The Morgan fingerprint density at radius 3 is 2.44 bits per heavy atom. The van der Waals surface area contributed by atoms with E-state index in [-0.39, 0.29) is 24.2 Å². The fourth-order valence-electron chi connectivity index (χ4n) is 3.12. The normalized spacial score (nSPS) is 14.7. The van der Waals surface area contributed by atoms with Crippen LogP contribution in [0.1, 0.15) is 18.4 Å². The van der Waals surface area contributed by atoms with Crippen LogP contribution in [0.5, 0.6) is 0 Å². The second-order valence-electron chi connectivity index (χ2n) is 6.45. The van der Waals surface area contributed by atoms with Gasteiger partial charge in [0.2, 0.25) is 5.91 Å². The summed E-state index contributed by atoms with van der Waals surface area (Å²) in [5.41, 5.74) is 6.51. The van der Waals surface area contributed by atoms with Crippen molar-refractivity contribution in [2.45, 2.75) is 25.3 Å².